The van der Waals surface area contributed by atoms with E-state index in [1.165, 1.54) is 0 Å². The molecule has 246 valence electrons. The number of ether oxygens (including phenoxy) is 5. The Labute approximate surface area is 264 Å². The molecule has 6 N–H and O–H groups in total. The number of nitrogens with two attached hydrogens (primary N) is 2. The number of nitrogens with zero attached hydrogens (tertiary/aromatic N) is 2. The maximum absolute atomic E-state index is 12.1. The molecule has 0 saturated carbocycles. The van der Waals surface area contributed by atoms with Crippen molar-refractivity contribution in [2.24, 2.45) is 0 Å². The summed E-state index contributed by atoms with van der Waals surface area (Å²) >= 11 is 5.65. The van der Waals surface area contributed by atoms with Crippen molar-refractivity contribution in [3.05, 3.63) is 29.5 Å². The topological polar surface area (TPSA) is 182 Å². The molecule has 44 heavy (non-hydrogen) atoms. The smallest absolute Gasteiger partial charge is 0.221 e. The molecule has 1 heterocycles. The number of nitrogen functional groups attached to an aromatic ring is 2. The second-order valence-corrected chi connectivity index (χ2v) is 10.3. The highest BCUT2D eigenvalue weighted by atomic mass is 35.5. The predicted molar refractivity (Wildman–Crippen MR) is 169 cm³/mol. The quantitative estimate of drug-likeness (QED) is 0.0980. The largest absolute Gasteiger partial charge is 0.493 e. The predicted octanol–water partition coefficient (Wildman–Crippen LogP) is 2.86. The van der Waals surface area contributed by atoms with Gasteiger partial charge in [0, 0.05) is 56.6 Å². The number of anilines is 2. The van der Waals surface area contributed by atoms with Crippen molar-refractivity contribution in [2.45, 2.75) is 51.4 Å². The fourth-order valence-electron chi connectivity index (χ4n) is 4.08. The molecule has 2 aromatic rings. The minimum atomic E-state index is -0.207. The fraction of sp³-hybridized carbons (Fsp3) is 0.600. The average molecular weight is 639 g/mol. The summed E-state index contributed by atoms with van der Waals surface area (Å²) in [6.45, 7) is 3.20. The Hall–Kier alpha value is -3.55. The zero-order valence-corrected chi connectivity index (χ0v) is 26.6. The van der Waals surface area contributed by atoms with Crippen LogP contribution in [0.25, 0.3) is 0 Å². The van der Waals surface area contributed by atoms with Gasteiger partial charge in [-0.1, -0.05) is 12.8 Å². The lowest BCUT2D eigenvalue weighted by Crippen LogP contribution is -2.30. The summed E-state index contributed by atoms with van der Waals surface area (Å²) in [5.74, 6) is 2.16. The summed E-state index contributed by atoms with van der Waals surface area (Å²) in [5, 5.41) is 5.55. The van der Waals surface area contributed by atoms with Crippen LogP contribution in [0, 0.1) is 0 Å². The SMILES string of the molecule is COc1cc(Cc2cnc(N)nc2N)cc(OC)c1OCCCNC(=O)CCC(=O)NCCOCCOCCCCCCCl. The number of methoxy groups -OCH3 is 2. The number of carbonyl (C=O) groups is 2. The summed E-state index contributed by atoms with van der Waals surface area (Å²) in [6, 6.07) is 3.66. The van der Waals surface area contributed by atoms with Crippen LogP contribution >= 0.6 is 11.6 Å². The van der Waals surface area contributed by atoms with Gasteiger partial charge in [0.25, 0.3) is 0 Å². The molecule has 0 aliphatic carbocycles. The molecule has 0 radical (unpaired) electrons. The van der Waals surface area contributed by atoms with Crippen LogP contribution in [0.5, 0.6) is 17.2 Å². The van der Waals surface area contributed by atoms with Crippen LogP contribution in [0.3, 0.4) is 0 Å². The van der Waals surface area contributed by atoms with Crippen molar-refractivity contribution in [1.29, 1.82) is 0 Å². The van der Waals surface area contributed by atoms with Gasteiger partial charge >= 0.3 is 0 Å². The highest BCUT2D eigenvalue weighted by Gasteiger charge is 2.16. The number of amides is 2. The molecule has 1 aromatic heterocycles. The molecular formula is C30H47ClN6O7. The number of benzene rings is 1. The van der Waals surface area contributed by atoms with E-state index < -0.39 is 0 Å². The molecule has 0 saturated heterocycles. The first-order chi connectivity index (χ1) is 21.4. The Morgan fingerprint density at radius 1 is 0.818 bits per heavy atom. The Balaban J connectivity index is 1.58. The Bertz CT molecular complexity index is 1120. The van der Waals surface area contributed by atoms with Crippen molar-refractivity contribution in [1.82, 2.24) is 20.6 Å². The van der Waals surface area contributed by atoms with Gasteiger partial charge in [-0.3, -0.25) is 9.59 Å². The number of unbranched alkanes of at least 4 members (excludes halogenated alkanes) is 3. The van der Waals surface area contributed by atoms with Gasteiger partial charge in [0.1, 0.15) is 5.82 Å². The normalized spacial score (nSPS) is 10.8. The van der Waals surface area contributed by atoms with Gasteiger partial charge in [0.05, 0.1) is 40.6 Å². The standard InChI is InChI=1S/C30H47ClN6O7/c1-40-24-19-22(18-23-21-36-30(33)37-29(23)32)20-25(41-2)28(24)44-14-7-11-34-26(38)8-9-27(39)35-12-15-43-17-16-42-13-6-4-3-5-10-31/h19-21H,3-18H2,1-2H3,(H,34,38)(H,35,39)(H4,32,33,36,37). The number of halogens is 1. The van der Waals surface area contributed by atoms with Gasteiger partial charge in [0.15, 0.2) is 11.5 Å². The lowest BCUT2D eigenvalue weighted by Gasteiger charge is -2.16. The molecule has 0 spiro atoms. The molecule has 13 nitrogen and oxygen atoms in total. The summed E-state index contributed by atoms with van der Waals surface area (Å²) in [7, 11) is 3.08. The van der Waals surface area contributed by atoms with Crippen molar-refractivity contribution in [2.75, 3.05) is 77.7 Å². The average Bonchev–Trinajstić information content (AvgIpc) is 3.01. The molecule has 0 aliphatic heterocycles. The zero-order valence-electron chi connectivity index (χ0n) is 25.8. The Morgan fingerprint density at radius 2 is 1.45 bits per heavy atom. The highest BCUT2D eigenvalue weighted by molar-refractivity contribution is 6.17. The molecule has 0 aliphatic rings. The number of rotatable bonds is 24. The third-order valence-electron chi connectivity index (χ3n) is 6.41. The van der Waals surface area contributed by atoms with Crippen molar-refractivity contribution in [3.63, 3.8) is 0 Å². The molecule has 2 rings (SSSR count). The first kappa shape index (κ1) is 36.6. The van der Waals surface area contributed by atoms with E-state index in [2.05, 4.69) is 20.6 Å². The minimum Gasteiger partial charge on any atom is -0.493 e. The number of hydrogen-bond donors (Lipinski definition) is 4. The summed E-state index contributed by atoms with van der Waals surface area (Å²) in [6.07, 6.45) is 7.09. The zero-order chi connectivity index (χ0) is 32.0. The van der Waals surface area contributed by atoms with Gasteiger partial charge in [-0.15, -0.1) is 11.6 Å². The fourth-order valence-corrected chi connectivity index (χ4v) is 4.27. The van der Waals surface area contributed by atoms with E-state index in [0.717, 1.165) is 36.8 Å². The van der Waals surface area contributed by atoms with Crippen LogP contribution in [0.15, 0.2) is 18.3 Å². The molecule has 0 unspecified atom stereocenters. The maximum Gasteiger partial charge on any atom is 0.221 e. The van der Waals surface area contributed by atoms with Crippen molar-refractivity contribution in [3.8, 4) is 17.2 Å². The van der Waals surface area contributed by atoms with Gasteiger partial charge in [0.2, 0.25) is 23.5 Å². The third-order valence-corrected chi connectivity index (χ3v) is 6.68. The molecule has 2 amide bonds. The van der Waals surface area contributed by atoms with Crippen LogP contribution in [0.1, 0.15) is 56.1 Å². The van der Waals surface area contributed by atoms with E-state index in [1.807, 2.05) is 12.1 Å². The number of alkyl halides is 1. The van der Waals surface area contributed by atoms with E-state index in [1.54, 1.807) is 20.4 Å². The highest BCUT2D eigenvalue weighted by Crippen LogP contribution is 2.39. The van der Waals surface area contributed by atoms with E-state index in [-0.39, 0.29) is 30.6 Å². The lowest BCUT2D eigenvalue weighted by molar-refractivity contribution is -0.126. The maximum atomic E-state index is 12.1. The molecule has 1 aromatic carbocycles. The van der Waals surface area contributed by atoms with E-state index in [9.17, 15) is 9.59 Å². The van der Waals surface area contributed by atoms with Gasteiger partial charge in [-0.25, -0.2) is 4.98 Å². The van der Waals surface area contributed by atoms with E-state index in [0.29, 0.717) is 87.9 Å². The number of carbonyl (C=O) groups excluding carboxylic acids is 2. The molecule has 0 atom stereocenters. The summed E-state index contributed by atoms with van der Waals surface area (Å²) < 4.78 is 27.9. The van der Waals surface area contributed by atoms with Crippen molar-refractivity contribution < 1.29 is 33.3 Å². The van der Waals surface area contributed by atoms with Gasteiger partial charge < -0.3 is 45.8 Å². The van der Waals surface area contributed by atoms with Crippen LogP contribution in [0.4, 0.5) is 11.8 Å². The third kappa shape index (κ3) is 14.8. The number of nitrogens with one attached hydrogen (secondary N) is 2. The molecular weight excluding hydrogens is 592 g/mol. The van der Waals surface area contributed by atoms with Crippen molar-refractivity contribution >= 4 is 35.2 Å². The molecule has 0 fully saturated rings. The molecule has 0 bridgehead atoms. The lowest BCUT2D eigenvalue weighted by atomic mass is 10.1. The minimum absolute atomic E-state index is 0.0962. The monoisotopic (exact) mass is 638 g/mol. The molecule has 14 heteroatoms. The summed E-state index contributed by atoms with van der Waals surface area (Å²) in [5.41, 5.74) is 13.1. The number of aromatic nitrogens is 2. The number of hydrogen-bond acceptors (Lipinski definition) is 11. The van der Waals surface area contributed by atoms with E-state index in [4.69, 9.17) is 46.8 Å². The van der Waals surface area contributed by atoms with Gasteiger partial charge in [-0.2, -0.15) is 4.98 Å². The Kier molecular flexibility index (Phi) is 18.3. The second-order valence-electron chi connectivity index (χ2n) is 9.87. The van der Waals surface area contributed by atoms with E-state index >= 15 is 0 Å². The van der Waals surface area contributed by atoms with Crippen LogP contribution in [-0.2, 0) is 25.5 Å². The first-order valence-corrected chi connectivity index (χ1v) is 15.4. The van der Waals surface area contributed by atoms with Crippen LogP contribution in [-0.4, -0.2) is 88.0 Å². The van der Waals surface area contributed by atoms with Gasteiger partial charge in [-0.05, 0) is 37.0 Å². The second kappa shape index (κ2) is 22.0. The summed E-state index contributed by atoms with van der Waals surface area (Å²) in [4.78, 5) is 32.1. The first-order valence-electron chi connectivity index (χ1n) is 14.9. The Morgan fingerprint density at radius 3 is 2.09 bits per heavy atom. The van der Waals surface area contributed by atoms with Crippen LogP contribution < -0.4 is 36.3 Å². The van der Waals surface area contributed by atoms with Crippen LogP contribution in [0.2, 0.25) is 0 Å².